The third-order valence-corrected chi connectivity index (χ3v) is 1.98. The van der Waals surface area contributed by atoms with Crippen LogP contribution in [0.2, 0.25) is 0 Å². The molecule has 0 fully saturated rings. The average Bonchev–Trinajstić information content (AvgIpc) is 1.84. The zero-order valence-electron chi connectivity index (χ0n) is 6.01. The Kier molecular flexibility index (Phi) is 3.70. The molecular formula is C6H13NOS. The summed E-state index contributed by atoms with van der Waals surface area (Å²) in [5.74, 6) is 0.293. The predicted molar refractivity (Wildman–Crippen MR) is 41.7 cm³/mol. The van der Waals surface area contributed by atoms with Gasteiger partial charge in [0.2, 0.25) is 5.91 Å². The fraction of sp³-hybridized carbons (Fsp3) is 0.833. The summed E-state index contributed by atoms with van der Waals surface area (Å²) < 4.78 is 0. The number of thiol groups is 1. The van der Waals surface area contributed by atoms with Crippen molar-refractivity contribution in [1.82, 2.24) is 5.32 Å². The molecule has 0 spiro atoms. The lowest BCUT2D eigenvalue weighted by Gasteiger charge is -2.11. The molecule has 1 amide bonds. The second kappa shape index (κ2) is 3.77. The molecule has 1 N–H and O–H groups in total. The molecule has 0 rings (SSSR count). The normalized spacial score (nSPS) is 13.4. The first kappa shape index (κ1) is 8.82. The summed E-state index contributed by atoms with van der Waals surface area (Å²) in [6, 6.07) is 0. The molecule has 0 aliphatic rings. The van der Waals surface area contributed by atoms with Crippen LogP contribution in [0.3, 0.4) is 0 Å². The molecule has 2 nitrogen and oxygen atoms in total. The fourth-order valence-electron chi connectivity index (χ4n) is 0.451. The lowest BCUT2D eigenvalue weighted by molar-refractivity contribution is -0.120. The standard InChI is InChI=1S/C6H13NOS/c1-4(2)5(9)6(8)7-3/h4-5,9H,1-3H3,(H,7,8). The van der Waals surface area contributed by atoms with E-state index in [9.17, 15) is 4.79 Å². The molecule has 9 heavy (non-hydrogen) atoms. The summed E-state index contributed by atoms with van der Waals surface area (Å²) in [5.41, 5.74) is 0. The van der Waals surface area contributed by atoms with Crippen molar-refractivity contribution in [2.45, 2.75) is 19.1 Å². The largest absolute Gasteiger partial charge is 0.358 e. The highest BCUT2D eigenvalue weighted by Gasteiger charge is 2.14. The monoisotopic (exact) mass is 147 g/mol. The van der Waals surface area contributed by atoms with Crippen LogP contribution in [-0.4, -0.2) is 18.2 Å². The molecule has 0 heterocycles. The van der Waals surface area contributed by atoms with Crippen LogP contribution in [0, 0.1) is 5.92 Å². The number of hydrogen-bond acceptors (Lipinski definition) is 2. The predicted octanol–water partition coefficient (Wildman–Crippen LogP) is 0.687. The highest BCUT2D eigenvalue weighted by atomic mass is 32.1. The first-order valence-electron chi connectivity index (χ1n) is 2.99. The minimum absolute atomic E-state index is 0.00617. The molecular weight excluding hydrogens is 134 g/mol. The van der Waals surface area contributed by atoms with Gasteiger partial charge in [-0.15, -0.1) is 0 Å². The maximum absolute atomic E-state index is 10.8. The van der Waals surface area contributed by atoms with Gasteiger partial charge in [0.15, 0.2) is 0 Å². The van der Waals surface area contributed by atoms with E-state index in [4.69, 9.17) is 0 Å². The van der Waals surface area contributed by atoms with Gasteiger partial charge in [0.05, 0.1) is 5.25 Å². The molecule has 54 valence electrons. The zero-order chi connectivity index (χ0) is 7.44. The maximum atomic E-state index is 10.8. The molecule has 0 aliphatic carbocycles. The molecule has 0 saturated carbocycles. The lowest BCUT2D eigenvalue weighted by atomic mass is 10.1. The fourth-order valence-corrected chi connectivity index (χ4v) is 0.580. The molecule has 1 atom stereocenters. The average molecular weight is 147 g/mol. The molecule has 0 aromatic rings. The third kappa shape index (κ3) is 2.75. The van der Waals surface area contributed by atoms with Crippen molar-refractivity contribution in [1.29, 1.82) is 0 Å². The maximum Gasteiger partial charge on any atom is 0.232 e. The topological polar surface area (TPSA) is 29.1 Å². The van der Waals surface area contributed by atoms with Gasteiger partial charge in [0.1, 0.15) is 0 Å². The van der Waals surface area contributed by atoms with Crippen molar-refractivity contribution in [3.63, 3.8) is 0 Å². The van der Waals surface area contributed by atoms with Gasteiger partial charge in [-0.3, -0.25) is 4.79 Å². The van der Waals surface area contributed by atoms with E-state index in [1.165, 1.54) is 0 Å². The van der Waals surface area contributed by atoms with E-state index < -0.39 is 0 Å². The van der Waals surface area contributed by atoms with Crippen molar-refractivity contribution < 1.29 is 4.79 Å². The van der Waals surface area contributed by atoms with Gasteiger partial charge in [0.25, 0.3) is 0 Å². The van der Waals surface area contributed by atoms with Crippen LogP contribution in [0.5, 0.6) is 0 Å². The molecule has 0 aromatic carbocycles. The van der Waals surface area contributed by atoms with Crippen LogP contribution < -0.4 is 5.32 Å². The number of rotatable bonds is 2. The van der Waals surface area contributed by atoms with Crippen LogP contribution in [0.25, 0.3) is 0 Å². The Labute approximate surface area is 61.4 Å². The summed E-state index contributed by atoms with van der Waals surface area (Å²) >= 11 is 4.09. The SMILES string of the molecule is CNC(=O)C(S)C(C)C. The number of nitrogens with one attached hydrogen (secondary N) is 1. The first-order chi connectivity index (χ1) is 4.09. The Balaban J connectivity index is 3.72. The van der Waals surface area contributed by atoms with E-state index >= 15 is 0 Å². The summed E-state index contributed by atoms with van der Waals surface area (Å²) in [5, 5.41) is 2.36. The van der Waals surface area contributed by atoms with Crippen molar-refractivity contribution in [3.05, 3.63) is 0 Å². The van der Waals surface area contributed by atoms with E-state index in [0.29, 0.717) is 5.92 Å². The molecule has 0 bridgehead atoms. The van der Waals surface area contributed by atoms with Crippen molar-refractivity contribution in [2.24, 2.45) is 5.92 Å². The van der Waals surface area contributed by atoms with Gasteiger partial charge in [-0.1, -0.05) is 13.8 Å². The molecule has 1 unspecified atom stereocenters. The van der Waals surface area contributed by atoms with Gasteiger partial charge in [-0.25, -0.2) is 0 Å². The Morgan fingerprint density at radius 1 is 1.56 bits per heavy atom. The van der Waals surface area contributed by atoms with Gasteiger partial charge < -0.3 is 5.32 Å². The van der Waals surface area contributed by atoms with E-state index in [0.717, 1.165) is 0 Å². The Hall–Kier alpha value is -0.180. The highest BCUT2D eigenvalue weighted by Crippen LogP contribution is 2.07. The van der Waals surface area contributed by atoms with Crippen LogP contribution >= 0.6 is 12.6 Å². The van der Waals surface area contributed by atoms with E-state index in [1.807, 2.05) is 13.8 Å². The van der Waals surface area contributed by atoms with Crippen molar-refractivity contribution in [3.8, 4) is 0 Å². The number of carbonyl (C=O) groups is 1. The Morgan fingerprint density at radius 2 is 2.00 bits per heavy atom. The number of amides is 1. The van der Waals surface area contributed by atoms with Gasteiger partial charge in [0, 0.05) is 7.05 Å². The number of carbonyl (C=O) groups excluding carboxylic acids is 1. The van der Waals surface area contributed by atoms with Gasteiger partial charge in [-0.05, 0) is 5.92 Å². The summed E-state index contributed by atoms with van der Waals surface area (Å²) in [6.45, 7) is 3.93. The Morgan fingerprint density at radius 3 is 2.11 bits per heavy atom. The third-order valence-electron chi connectivity index (χ3n) is 1.15. The summed E-state index contributed by atoms with van der Waals surface area (Å²) in [4.78, 5) is 10.8. The zero-order valence-corrected chi connectivity index (χ0v) is 6.90. The van der Waals surface area contributed by atoms with Crippen molar-refractivity contribution >= 4 is 18.5 Å². The molecule has 0 radical (unpaired) electrons. The van der Waals surface area contributed by atoms with E-state index in [2.05, 4.69) is 17.9 Å². The second-order valence-electron chi connectivity index (χ2n) is 2.30. The second-order valence-corrected chi connectivity index (χ2v) is 2.86. The first-order valence-corrected chi connectivity index (χ1v) is 3.51. The quantitative estimate of drug-likeness (QED) is 0.553. The van der Waals surface area contributed by atoms with E-state index in [1.54, 1.807) is 7.05 Å². The van der Waals surface area contributed by atoms with Crippen LogP contribution in [0.4, 0.5) is 0 Å². The minimum Gasteiger partial charge on any atom is -0.358 e. The molecule has 3 heteroatoms. The lowest BCUT2D eigenvalue weighted by Crippen LogP contribution is -2.31. The Bertz CT molecular complexity index is 103. The molecule has 0 aromatic heterocycles. The summed E-state index contributed by atoms with van der Waals surface area (Å²) in [6.07, 6.45) is 0. The molecule has 0 saturated heterocycles. The summed E-state index contributed by atoms with van der Waals surface area (Å²) in [7, 11) is 1.62. The van der Waals surface area contributed by atoms with E-state index in [-0.39, 0.29) is 11.2 Å². The molecule has 0 aliphatic heterocycles. The van der Waals surface area contributed by atoms with Crippen LogP contribution in [-0.2, 0) is 4.79 Å². The van der Waals surface area contributed by atoms with Crippen LogP contribution in [0.1, 0.15) is 13.8 Å². The van der Waals surface area contributed by atoms with Gasteiger partial charge >= 0.3 is 0 Å². The smallest absolute Gasteiger partial charge is 0.232 e. The van der Waals surface area contributed by atoms with Gasteiger partial charge in [-0.2, -0.15) is 12.6 Å². The van der Waals surface area contributed by atoms with Crippen molar-refractivity contribution in [2.75, 3.05) is 7.05 Å². The highest BCUT2D eigenvalue weighted by molar-refractivity contribution is 7.81. The van der Waals surface area contributed by atoms with Crippen LogP contribution in [0.15, 0.2) is 0 Å². The minimum atomic E-state index is -0.171. The number of hydrogen-bond donors (Lipinski definition) is 2.